The lowest BCUT2D eigenvalue weighted by Gasteiger charge is -2.07. The third-order valence-corrected chi connectivity index (χ3v) is 2.80. The summed E-state index contributed by atoms with van der Waals surface area (Å²) in [6.07, 6.45) is 1.46. The van der Waals surface area contributed by atoms with Crippen molar-refractivity contribution in [1.82, 2.24) is 10.5 Å². The highest BCUT2D eigenvalue weighted by atomic mass is 16.5. The number of hydrogen-bond acceptors (Lipinski definition) is 3. The molecule has 1 N–H and O–H groups in total. The van der Waals surface area contributed by atoms with E-state index in [0.717, 1.165) is 11.1 Å². The number of carbonyl (C=O) groups is 1. The molecule has 1 aromatic heterocycles. The average Bonchev–Trinajstić information content (AvgIpc) is 2.86. The fraction of sp³-hybridized carbons (Fsp3) is 0.333. The Morgan fingerprint density at radius 2 is 2.00 bits per heavy atom. The maximum Gasteiger partial charge on any atom is 0.256 e. The summed E-state index contributed by atoms with van der Waals surface area (Å²) in [4.78, 5) is 12.1. The molecule has 0 unspecified atom stereocenters. The molecule has 4 heteroatoms. The van der Waals surface area contributed by atoms with E-state index in [1.54, 1.807) is 0 Å². The highest BCUT2D eigenvalue weighted by molar-refractivity contribution is 5.99. The molecule has 2 rings (SSSR count). The molecule has 1 aromatic carbocycles. The average molecular weight is 258 g/mol. The molecule has 0 aliphatic rings. The van der Waals surface area contributed by atoms with Crippen LogP contribution >= 0.6 is 0 Å². The summed E-state index contributed by atoms with van der Waals surface area (Å²) in [5.41, 5.74) is 2.50. The summed E-state index contributed by atoms with van der Waals surface area (Å²) in [5.74, 6) is 0.776. The third-order valence-electron chi connectivity index (χ3n) is 2.80. The van der Waals surface area contributed by atoms with Crippen LogP contribution in [0.15, 0.2) is 35.0 Å². The molecule has 0 bridgehead atoms. The largest absolute Gasteiger partial charge is 0.355 e. The molecule has 2 aromatic rings. The van der Waals surface area contributed by atoms with Crippen LogP contribution in [0.2, 0.25) is 0 Å². The molecule has 0 radical (unpaired) electrons. The van der Waals surface area contributed by atoms with Gasteiger partial charge in [-0.05, 0) is 12.8 Å². The predicted molar refractivity (Wildman–Crippen MR) is 73.8 cm³/mol. The van der Waals surface area contributed by atoms with E-state index in [1.165, 1.54) is 6.20 Å². The van der Waals surface area contributed by atoms with E-state index in [9.17, 15) is 4.79 Å². The number of benzene rings is 1. The number of amides is 1. The summed E-state index contributed by atoms with van der Waals surface area (Å²) in [6, 6.07) is 7.81. The Balaban J connectivity index is 2.22. The summed E-state index contributed by atoms with van der Waals surface area (Å²) >= 11 is 0. The van der Waals surface area contributed by atoms with E-state index in [1.807, 2.05) is 31.2 Å². The topological polar surface area (TPSA) is 55.1 Å². The van der Waals surface area contributed by atoms with Crippen LogP contribution in [-0.2, 0) is 0 Å². The van der Waals surface area contributed by atoms with E-state index in [-0.39, 0.29) is 5.91 Å². The van der Waals surface area contributed by atoms with Crippen molar-refractivity contribution in [3.8, 4) is 11.3 Å². The van der Waals surface area contributed by atoms with Crippen molar-refractivity contribution in [2.24, 2.45) is 5.92 Å². The second-order valence-electron chi connectivity index (χ2n) is 5.04. The van der Waals surface area contributed by atoms with Gasteiger partial charge in [-0.1, -0.05) is 48.8 Å². The first-order chi connectivity index (χ1) is 9.08. The predicted octanol–water partition coefficient (Wildman–Crippen LogP) is 3.04. The van der Waals surface area contributed by atoms with Crippen LogP contribution in [0, 0.1) is 12.8 Å². The number of aryl methyl sites for hydroxylation is 1. The second kappa shape index (κ2) is 5.69. The lowest BCUT2D eigenvalue weighted by molar-refractivity contribution is 0.0949. The molecule has 0 atom stereocenters. The van der Waals surface area contributed by atoms with Crippen LogP contribution in [0.25, 0.3) is 11.3 Å². The van der Waals surface area contributed by atoms with E-state index in [0.29, 0.717) is 23.8 Å². The van der Waals surface area contributed by atoms with Gasteiger partial charge in [0, 0.05) is 12.1 Å². The lowest BCUT2D eigenvalue weighted by atomic mass is 10.1. The number of hydrogen-bond donors (Lipinski definition) is 1. The van der Waals surface area contributed by atoms with Crippen molar-refractivity contribution in [1.29, 1.82) is 0 Å². The normalized spacial score (nSPS) is 10.7. The van der Waals surface area contributed by atoms with Gasteiger partial charge in [-0.2, -0.15) is 0 Å². The minimum Gasteiger partial charge on any atom is -0.355 e. The van der Waals surface area contributed by atoms with Crippen molar-refractivity contribution >= 4 is 5.91 Å². The molecule has 0 aliphatic carbocycles. The van der Waals surface area contributed by atoms with E-state index < -0.39 is 0 Å². The van der Waals surface area contributed by atoms with Crippen molar-refractivity contribution in [3.63, 3.8) is 0 Å². The maximum atomic E-state index is 12.1. The molecule has 0 fully saturated rings. The van der Waals surface area contributed by atoms with Gasteiger partial charge in [0.25, 0.3) is 5.91 Å². The van der Waals surface area contributed by atoms with Crippen molar-refractivity contribution in [3.05, 3.63) is 41.6 Å². The van der Waals surface area contributed by atoms with Crippen molar-refractivity contribution < 1.29 is 9.32 Å². The summed E-state index contributed by atoms with van der Waals surface area (Å²) in [7, 11) is 0. The number of carbonyl (C=O) groups excluding carboxylic acids is 1. The first-order valence-electron chi connectivity index (χ1n) is 6.38. The van der Waals surface area contributed by atoms with Crippen molar-refractivity contribution in [2.45, 2.75) is 20.8 Å². The molecule has 0 spiro atoms. The Kier molecular flexibility index (Phi) is 4.00. The first-order valence-corrected chi connectivity index (χ1v) is 6.38. The molecule has 1 amide bonds. The molecule has 0 saturated heterocycles. The van der Waals surface area contributed by atoms with Gasteiger partial charge in [-0.25, -0.2) is 0 Å². The van der Waals surface area contributed by atoms with E-state index in [2.05, 4.69) is 24.3 Å². The SMILES string of the molecule is Cc1ccc(-c2oncc2C(=O)NCC(C)C)cc1. The van der Waals surface area contributed by atoms with Gasteiger partial charge in [-0.3, -0.25) is 4.79 Å². The number of rotatable bonds is 4. The van der Waals surface area contributed by atoms with E-state index >= 15 is 0 Å². The summed E-state index contributed by atoms with van der Waals surface area (Å²) in [5, 5.41) is 6.60. The zero-order chi connectivity index (χ0) is 13.8. The maximum absolute atomic E-state index is 12.1. The molecule has 4 nitrogen and oxygen atoms in total. The first kappa shape index (κ1) is 13.3. The molecule has 1 heterocycles. The number of nitrogens with zero attached hydrogens (tertiary/aromatic N) is 1. The monoisotopic (exact) mass is 258 g/mol. The van der Waals surface area contributed by atoms with Gasteiger partial charge in [0.05, 0.1) is 6.20 Å². The Morgan fingerprint density at radius 1 is 1.32 bits per heavy atom. The highest BCUT2D eigenvalue weighted by Gasteiger charge is 2.17. The van der Waals surface area contributed by atoms with Crippen molar-refractivity contribution in [2.75, 3.05) is 6.54 Å². The second-order valence-corrected chi connectivity index (χ2v) is 5.04. The minimum atomic E-state index is -0.148. The lowest BCUT2D eigenvalue weighted by Crippen LogP contribution is -2.27. The Bertz CT molecular complexity index is 556. The highest BCUT2D eigenvalue weighted by Crippen LogP contribution is 2.23. The zero-order valence-corrected chi connectivity index (χ0v) is 11.4. The minimum absolute atomic E-state index is 0.148. The zero-order valence-electron chi connectivity index (χ0n) is 11.4. The molecule has 19 heavy (non-hydrogen) atoms. The van der Waals surface area contributed by atoms with Gasteiger partial charge in [0.15, 0.2) is 5.76 Å². The van der Waals surface area contributed by atoms with Crippen LogP contribution in [0.5, 0.6) is 0 Å². The number of aromatic nitrogens is 1. The van der Waals surface area contributed by atoms with Gasteiger partial charge in [0.1, 0.15) is 5.56 Å². The Labute approximate surface area is 112 Å². The Hall–Kier alpha value is -2.10. The summed E-state index contributed by atoms with van der Waals surface area (Å²) in [6.45, 7) is 6.75. The van der Waals surface area contributed by atoms with E-state index in [4.69, 9.17) is 4.52 Å². The van der Waals surface area contributed by atoms with Crippen LogP contribution in [0.1, 0.15) is 29.8 Å². The van der Waals surface area contributed by atoms with Gasteiger partial charge >= 0.3 is 0 Å². The third kappa shape index (κ3) is 3.22. The van der Waals surface area contributed by atoms with Gasteiger partial charge in [0.2, 0.25) is 0 Å². The number of nitrogens with one attached hydrogen (secondary N) is 1. The quantitative estimate of drug-likeness (QED) is 0.917. The smallest absolute Gasteiger partial charge is 0.256 e. The molecular formula is C15H18N2O2. The summed E-state index contributed by atoms with van der Waals surface area (Å²) < 4.78 is 5.21. The van der Waals surface area contributed by atoms with Crippen LogP contribution in [0.3, 0.4) is 0 Å². The van der Waals surface area contributed by atoms with Crippen LogP contribution in [-0.4, -0.2) is 17.6 Å². The van der Waals surface area contributed by atoms with Crippen LogP contribution < -0.4 is 5.32 Å². The molecular weight excluding hydrogens is 240 g/mol. The fourth-order valence-corrected chi connectivity index (χ4v) is 1.71. The standard InChI is InChI=1S/C15H18N2O2/c1-10(2)8-16-15(18)13-9-17-19-14(13)12-6-4-11(3)5-7-12/h4-7,9-10H,8H2,1-3H3,(H,16,18). The van der Waals surface area contributed by atoms with Gasteiger partial charge < -0.3 is 9.84 Å². The molecule has 0 saturated carbocycles. The van der Waals surface area contributed by atoms with Crippen LogP contribution in [0.4, 0.5) is 0 Å². The molecule has 100 valence electrons. The Morgan fingerprint density at radius 3 is 2.63 bits per heavy atom. The molecule has 0 aliphatic heterocycles. The van der Waals surface area contributed by atoms with Gasteiger partial charge in [-0.15, -0.1) is 0 Å². The fourth-order valence-electron chi connectivity index (χ4n) is 1.71.